The molecule has 1 atom stereocenters. The smallest absolute Gasteiger partial charge is 0.132 e. The minimum Gasteiger partial charge on any atom is -0.457 e. The van der Waals surface area contributed by atoms with Crippen LogP contribution in [0.3, 0.4) is 0 Å². The van der Waals surface area contributed by atoms with Crippen LogP contribution in [0.1, 0.15) is 44.9 Å². The van der Waals surface area contributed by atoms with E-state index in [0.29, 0.717) is 0 Å². The van der Waals surface area contributed by atoms with E-state index in [2.05, 4.69) is 211 Å². The van der Waals surface area contributed by atoms with Gasteiger partial charge in [0.2, 0.25) is 0 Å². The van der Waals surface area contributed by atoms with Crippen molar-refractivity contribution < 1.29 is 4.74 Å². The molecule has 13 rings (SSSR count). The molecule has 0 bridgehead atoms. The van der Waals surface area contributed by atoms with Crippen molar-refractivity contribution in [3.8, 4) is 50.6 Å². The molecule has 58 heavy (non-hydrogen) atoms. The van der Waals surface area contributed by atoms with Gasteiger partial charge in [-0.2, -0.15) is 0 Å². The molecular weight excluding hydrogens is 703 g/mol. The minimum absolute atomic E-state index is 0.232. The van der Waals surface area contributed by atoms with E-state index in [1.807, 2.05) is 0 Å². The maximum Gasteiger partial charge on any atom is 0.132 e. The van der Waals surface area contributed by atoms with Crippen LogP contribution in [0, 0.1) is 0 Å². The van der Waals surface area contributed by atoms with Gasteiger partial charge >= 0.3 is 0 Å². The van der Waals surface area contributed by atoms with Gasteiger partial charge in [0.15, 0.2) is 0 Å². The van der Waals surface area contributed by atoms with Crippen LogP contribution in [0.15, 0.2) is 206 Å². The van der Waals surface area contributed by atoms with Gasteiger partial charge in [0.05, 0.1) is 16.4 Å². The molecule has 2 aliphatic carbocycles. The van der Waals surface area contributed by atoms with E-state index in [1.54, 1.807) is 0 Å². The molecule has 270 valence electrons. The molecule has 3 aliphatic rings. The van der Waals surface area contributed by atoms with Gasteiger partial charge in [0, 0.05) is 33.5 Å². The standard InChI is InChI=1S/C56H35NO/c1-3-15-35(16-4-1)55-41-21-8-7-19-39(41)43-31-36(27-29-42(43)55)37-28-30-51-45(32-37)46-33-44-40-20-9-10-22-47(40)56(50(44)34-52(46)57(51)38-17-5-2-6-18-38)48-23-11-13-25-53(48)58-54-26-14-12-24-49(54)56/h1-34,55H. The first-order valence-corrected chi connectivity index (χ1v) is 20.2. The molecule has 1 unspecified atom stereocenters. The molecule has 0 saturated carbocycles. The monoisotopic (exact) mass is 737 g/mol. The van der Waals surface area contributed by atoms with Gasteiger partial charge in [-0.15, -0.1) is 0 Å². The fourth-order valence-corrected chi connectivity index (χ4v) is 10.8. The van der Waals surface area contributed by atoms with E-state index in [-0.39, 0.29) is 5.92 Å². The second kappa shape index (κ2) is 11.8. The fourth-order valence-electron chi connectivity index (χ4n) is 10.8. The van der Waals surface area contributed by atoms with Crippen LogP contribution >= 0.6 is 0 Å². The quantitative estimate of drug-likeness (QED) is 0.176. The largest absolute Gasteiger partial charge is 0.457 e. The lowest BCUT2D eigenvalue weighted by atomic mass is 9.66. The van der Waals surface area contributed by atoms with Gasteiger partial charge in [-0.3, -0.25) is 0 Å². The van der Waals surface area contributed by atoms with E-state index >= 15 is 0 Å². The summed E-state index contributed by atoms with van der Waals surface area (Å²) in [6, 6.07) is 76.1. The number of para-hydroxylation sites is 3. The molecule has 2 heteroatoms. The number of ether oxygens (including phenoxy) is 1. The summed E-state index contributed by atoms with van der Waals surface area (Å²) < 4.78 is 9.11. The van der Waals surface area contributed by atoms with Crippen LogP contribution in [-0.4, -0.2) is 4.57 Å². The lowest BCUT2D eigenvalue weighted by Gasteiger charge is -2.39. The van der Waals surface area contributed by atoms with E-state index in [1.165, 1.54) is 94.1 Å². The summed E-state index contributed by atoms with van der Waals surface area (Å²) in [7, 11) is 0. The van der Waals surface area contributed by atoms with E-state index in [0.717, 1.165) is 17.2 Å². The Morgan fingerprint density at radius 1 is 0.379 bits per heavy atom. The molecule has 0 radical (unpaired) electrons. The number of fused-ring (bicyclic) bond motifs is 15. The van der Waals surface area contributed by atoms with Crippen LogP contribution < -0.4 is 4.74 Å². The van der Waals surface area contributed by atoms with Crippen LogP contribution in [0.5, 0.6) is 11.5 Å². The SMILES string of the molecule is c1ccc(C2c3ccccc3-c3cc(-c4ccc5c(c4)c4cc6c(cc4n5-c4ccccc4)C4(c5ccccc5Oc5ccccc54)c4ccccc4-6)ccc32)cc1. The lowest BCUT2D eigenvalue weighted by Crippen LogP contribution is -2.32. The molecule has 9 aromatic carbocycles. The van der Waals surface area contributed by atoms with E-state index in [9.17, 15) is 0 Å². The third kappa shape index (κ3) is 4.16. The minimum atomic E-state index is -0.535. The first-order valence-electron chi connectivity index (χ1n) is 20.2. The van der Waals surface area contributed by atoms with Crippen LogP contribution in [-0.2, 0) is 5.41 Å². The fraction of sp³-hybridized carbons (Fsp3) is 0.0357. The first-order chi connectivity index (χ1) is 28.8. The highest BCUT2D eigenvalue weighted by Gasteiger charge is 2.51. The normalized spacial score (nSPS) is 15.0. The molecular formula is C56H35NO. The van der Waals surface area contributed by atoms with Crippen molar-refractivity contribution in [1.82, 2.24) is 4.57 Å². The third-order valence-electron chi connectivity index (χ3n) is 13.1. The third-order valence-corrected chi connectivity index (χ3v) is 13.1. The summed E-state index contributed by atoms with van der Waals surface area (Å²) in [5.74, 6) is 2.05. The van der Waals surface area contributed by atoms with E-state index in [4.69, 9.17) is 4.74 Å². The Morgan fingerprint density at radius 3 is 1.74 bits per heavy atom. The Kier molecular flexibility index (Phi) is 6.46. The first kappa shape index (κ1) is 31.7. The summed E-state index contributed by atoms with van der Waals surface area (Å²) in [5, 5.41) is 2.49. The number of nitrogens with zero attached hydrogens (tertiary/aromatic N) is 1. The van der Waals surface area contributed by atoms with Crippen molar-refractivity contribution in [2.45, 2.75) is 11.3 Å². The van der Waals surface area contributed by atoms with Gasteiger partial charge < -0.3 is 9.30 Å². The van der Waals surface area contributed by atoms with Gasteiger partial charge in [-0.1, -0.05) is 152 Å². The maximum absolute atomic E-state index is 6.65. The maximum atomic E-state index is 6.65. The van der Waals surface area contributed by atoms with Crippen LogP contribution in [0.2, 0.25) is 0 Å². The van der Waals surface area contributed by atoms with Gasteiger partial charge in [-0.25, -0.2) is 0 Å². The Hall–Kier alpha value is -7.42. The summed E-state index contributed by atoms with van der Waals surface area (Å²) in [5.41, 5.74) is 19.7. The Bertz CT molecular complexity index is 3270. The number of benzene rings is 9. The molecule has 0 saturated heterocycles. The van der Waals surface area contributed by atoms with Crippen molar-refractivity contribution in [2.75, 3.05) is 0 Å². The van der Waals surface area contributed by atoms with Crippen molar-refractivity contribution in [3.05, 3.63) is 245 Å². The van der Waals surface area contributed by atoms with Gasteiger partial charge in [0.1, 0.15) is 11.5 Å². The Labute approximate surface area is 336 Å². The number of hydrogen-bond donors (Lipinski definition) is 0. The summed E-state index contributed by atoms with van der Waals surface area (Å²) in [4.78, 5) is 0. The van der Waals surface area contributed by atoms with Gasteiger partial charge in [0.25, 0.3) is 0 Å². The zero-order valence-corrected chi connectivity index (χ0v) is 31.6. The Balaban J connectivity index is 1.07. The molecule has 0 amide bonds. The van der Waals surface area contributed by atoms with Crippen molar-refractivity contribution in [2.24, 2.45) is 0 Å². The highest BCUT2D eigenvalue weighted by Crippen LogP contribution is 2.63. The second-order valence-electron chi connectivity index (χ2n) is 15.9. The van der Waals surface area contributed by atoms with Crippen molar-refractivity contribution >= 4 is 21.8 Å². The zero-order valence-electron chi connectivity index (χ0n) is 31.6. The predicted octanol–water partition coefficient (Wildman–Crippen LogP) is 14.1. The molecule has 0 N–H and O–H groups in total. The molecule has 0 fully saturated rings. The molecule has 2 nitrogen and oxygen atoms in total. The topological polar surface area (TPSA) is 14.2 Å². The molecule has 1 aliphatic heterocycles. The molecule has 10 aromatic rings. The van der Waals surface area contributed by atoms with E-state index < -0.39 is 5.41 Å². The second-order valence-corrected chi connectivity index (χ2v) is 15.9. The number of rotatable bonds is 3. The summed E-state index contributed by atoms with van der Waals surface area (Å²) in [6.45, 7) is 0. The molecule has 1 aromatic heterocycles. The van der Waals surface area contributed by atoms with Crippen LogP contribution in [0.25, 0.3) is 60.9 Å². The van der Waals surface area contributed by atoms with Gasteiger partial charge in [-0.05, 0) is 116 Å². The van der Waals surface area contributed by atoms with Crippen LogP contribution in [0.4, 0.5) is 0 Å². The van der Waals surface area contributed by atoms with Crippen molar-refractivity contribution in [3.63, 3.8) is 0 Å². The zero-order chi connectivity index (χ0) is 38.0. The predicted molar refractivity (Wildman–Crippen MR) is 236 cm³/mol. The molecule has 2 heterocycles. The Morgan fingerprint density at radius 2 is 0.966 bits per heavy atom. The lowest BCUT2D eigenvalue weighted by molar-refractivity contribution is 0.436. The summed E-state index contributed by atoms with van der Waals surface area (Å²) in [6.07, 6.45) is 0. The molecule has 1 spiro atoms. The number of aromatic nitrogens is 1. The highest BCUT2D eigenvalue weighted by molar-refractivity contribution is 6.13. The number of hydrogen-bond acceptors (Lipinski definition) is 1. The summed E-state index contributed by atoms with van der Waals surface area (Å²) >= 11 is 0. The highest BCUT2D eigenvalue weighted by atomic mass is 16.5. The average molecular weight is 738 g/mol. The van der Waals surface area contributed by atoms with Crippen molar-refractivity contribution in [1.29, 1.82) is 0 Å². The average Bonchev–Trinajstić information content (AvgIpc) is 3.90.